The zero-order chi connectivity index (χ0) is 16.5. The molecule has 9 heteroatoms. The van der Waals surface area contributed by atoms with Crippen LogP contribution in [-0.2, 0) is 6.18 Å². The fourth-order valence-electron chi connectivity index (χ4n) is 1.64. The summed E-state index contributed by atoms with van der Waals surface area (Å²) < 4.78 is 77.4. The highest BCUT2D eigenvalue weighted by molar-refractivity contribution is 5.66. The van der Waals surface area contributed by atoms with Crippen LogP contribution in [-0.4, -0.2) is 16.5 Å². The molecule has 118 valence electrons. The molecule has 0 aliphatic carbocycles. The number of hydrogen-bond acceptors (Lipinski definition) is 3. The van der Waals surface area contributed by atoms with Crippen LogP contribution in [0.5, 0.6) is 11.5 Å². The van der Waals surface area contributed by atoms with Gasteiger partial charge in [-0.2, -0.15) is 13.2 Å². The van der Waals surface area contributed by atoms with Crippen molar-refractivity contribution >= 4 is 0 Å². The van der Waals surface area contributed by atoms with Crippen molar-refractivity contribution < 1.29 is 36.2 Å². The van der Waals surface area contributed by atoms with Crippen molar-refractivity contribution in [3.8, 4) is 22.8 Å². The van der Waals surface area contributed by atoms with Crippen molar-refractivity contribution in [1.29, 1.82) is 0 Å². The van der Waals surface area contributed by atoms with Crippen LogP contribution in [0, 0.1) is 0 Å². The van der Waals surface area contributed by atoms with Crippen LogP contribution in [0.1, 0.15) is 5.69 Å². The second-order valence-corrected chi connectivity index (χ2v) is 4.13. The van der Waals surface area contributed by atoms with E-state index in [1.165, 1.54) is 0 Å². The first-order valence-corrected chi connectivity index (χ1v) is 5.70. The molecule has 0 unspecified atom stereocenters. The van der Waals surface area contributed by atoms with E-state index in [2.05, 4.69) is 9.72 Å². The van der Waals surface area contributed by atoms with Crippen molar-refractivity contribution in [2.45, 2.75) is 12.5 Å². The number of hydrogen-bond donors (Lipinski definition) is 1. The second kappa shape index (κ2) is 5.39. The molecule has 3 nitrogen and oxygen atoms in total. The topological polar surface area (TPSA) is 42.4 Å². The smallest absolute Gasteiger partial charge is 0.506 e. The maximum Gasteiger partial charge on any atom is 0.573 e. The van der Waals surface area contributed by atoms with E-state index in [1.54, 1.807) is 0 Å². The van der Waals surface area contributed by atoms with Gasteiger partial charge in [0.15, 0.2) is 0 Å². The Labute approximate surface area is 119 Å². The van der Waals surface area contributed by atoms with Gasteiger partial charge in [-0.25, -0.2) is 4.98 Å². The molecule has 1 N–H and O–H groups in total. The molecular weight excluding hydrogens is 316 g/mol. The number of ether oxygens (including phenoxy) is 1. The van der Waals surface area contributed by atoms with E-state index in [4.69, 9.17) is 0 Å². The SMILES string of the molecule is Oc1ccc(C(F)(F)F)nc1-c1ccc(OC(F)(F)F)cc1. The first kappa shape index (κ1) is 15.9. The summed E-state index contributed by atoms with van der Waals surface area (Å²) in [5.74, 6) is -1.07. The second-order valence-electron chi connectivity index (χ2n) is 4.13. The van der Waals surface area contributed by atoms with Gasteiger partial charge < -0.3 is 9.84 Å². The van der Waals surface area contributed by atoms with Crippen molar-refractivity contribution in [3.63, 3.8) is 0 Å². The number of halogens is 6. The number of aromatic hydroxyl groups is 1. The molecule has 22 heavy (non-hydrogen) atoms. The Morgan fingerprint density at radius 1 is 0.864 bits per heavy atom. The minimum Gasteiger partial charge on any atom is -0.506 e. The minimum atomic E-state index is -4.88. The number of nitrogens with zero attached hydrogens (tertiary/aromatic N) is 1. The third kappa shape index (κ3) is 3.80. The molecule has 0 aliphatic rings. The lowest BCUT2D eigenvalue weighted by Gasteiger charge is -2.11. The molecule has 0 bridgehead atoms. The number of alkyl halides is 6. The number of pyridine rings is 1. The molecule has 0 saturated heterocycles. The van der Waals surface area contributed by atoms with Crippen molar-refractivity contribution in [1.82, 2.24) is 4.98 Å². The van der Waals surface area contributed by atoms with Gasteiger partial charge in [-0.05, 0) is 36.4 Å². The Morgan fingerprint density at radius 2 is 1.45 bits per heavy atom. The summed E-state index contributed by atoms with van der Waals surface area (Å²) in [5, 5.41) is 9.57. The lowest BCUT2D eigenvalue weighted by molar-refractivity contribution is -0.274. The Balaban J connectivity index is 2.36. The fraction of sp³-hybridized carbons (Fsp3) is 0.154. The molecule has 2 aromatic rings. The lowest BCUT2D eigenvalue weighted by Crippen LogP contribution is -2.16. The lowest BCUT2D eigenvalue weighted by atomic mass is 10.1. The summed E-state index contributed by atoms with van der Waals surface area (Å²) in [4.78, 5) is 3.28. The summed E-state index contributed by atoms with van der Waals surface area (Å²) in [5.41, 5.74) is -1.61. The average Bonchev–Trinajstić information content (AvgIpc) is 2.37. The summed E-state index contributed by atoms with van der Waals surface area (Å²) in [6.45, 7) is 0. The van der Waals surface area contributed by atoms with E-state index in [0.29, 0.717) is 6.07 Å². The number of rotatable bonds is 2. The molecule has 0 aliphatic heterocycles. The Hall–Kier alpha value is -2.45. The van der Waals surface area contributed by atoms with E-state index < -0.39 is 35.4 Å². The van der Waals surface area contributed by atoms with Crippen molar-refractivity contribution in [2.75, 3.05) is 0 Å². The number of aromatic nitrogens is 1. The molecule has 1 heterocycles. The normalized spacial score (nSPS) is 12.3. The third-order valence-electron chi connectivity index (χ3n) is 2.53. The van der Waals surface area contributed by atoms with E-state index in [1.807, 2.05) is 0 Å². The van der Waals surface area contributed by atoms with Crippen LogP contribution in [0.4, 0.5) is 26.3 Å². The maximum absolute atomic E-state index is 12.6. The molecule has 0 radical (unpaired) electrons. The van der Waals surface area contributed by atoms with Gasteiger partial charge in [0, 0.05) is 5.56 Å². The molecule has 2 rings (SSSR count). The Kier molecular flexibility index (Phi) is 3.90. The van der Waals surface area contributed by atoms with Crippen molar-refractivity contribution in [3.05, 3.63) is 42.1 Å². The van der Waals surface area contributed by atoms with Gasteiger partial charge in [0.05, 0.1) is 0 Å². The molecule has 0 spiro atoms. The van der Waals surface area contributed by atoms with Crippen LogP contribution in [0.25, 0.3) is 11.3 Å². The Morgan fingerprint density at radius 3 is 1.95 bits per heavy atom. The average molecular weight is 323 g/mol. The van der Waals surface area contributed by atoms with Crippen molar-refractivity contribution in [2.24, 2.45) is 0 Å². The monoisotopic (exact) mass is 323 g/mol. The van der Waals surface area contributed by atoms with E-state index in [0.717, 1.165) is 30.3 Å². The first-order chi connectivity index (χ1) is 10.1. The zero-order valence-electron chi connectivity index (χ0n) is 10.5. The summed E-state index contributed by atoms with van der Waals surface area (Å²) in [6, 6.07) is 5.34. The van der Waals surface area contributed by atoms with Crippen LogP contribution in [0.3, 0.4) is 0 Å². The summed E-state index contributed by atoms with van der Waals surface area (Å²) in [6.07, 6.45) is -9.58. The van der Waals surface area contributed by atoms with Crippen LogP contribution >= 0.6 is 0 Å². The quantitative estimate of drug-likeness (QED) is 0.835. The largest absolute Gasteiger partial charge is 0.573 e. The molecule has 0 fully saturated rings. The summed E-state index contributed by atoms with van der Waals surface area (Å²) in [7, 11) is 0. The van der Waals surface area contributed by atoms with Gasteiger partial charge in [-0.3, -0.25) is 0 Å². The fourth-order valence-corrected chi connectivity index (χ4v) is 1.64. The maximum atomic E-state index is 12.6. The third-order valence-corrected chi connectivity index (χ3v) is 2.53. The van der Waals surface area contributed by atoms with Gasteiger partial charge in [-0.15, -0.1) is 13.2 Å². The molecular formula is C13H7F6NO2. The minimum absolute atomic E-state index is 0.0122. The van der Waals surface area contributed by atoms with Gasteiger partial charge in [0.2, 0.25) is 0 Å². The predicted octanol–water partition coefficient (Wildman–Crippen LogP) is 4.37. The van der Waals surface area contributed by atoms with Crippen LogP contribution in [0.15, 0.2) is 36.4 Å². The number of benzene rings is 1. The highest BCUT2D eigenvalue weighted by atomic mass is 19.4. The van der Waals surface area contributed by atoms with Gasteiger partial charge in [-0.1, -0.05) is 0 Å². The highest BCUT2D eigenvalue weighted by Gasteiger charge is 2.33. The highest BCUT2D eigenvalue weighted by Crippen LogP contribution is 2.34. The van der Waals surface area contributed by atoms with E-state index in [-0.39, 0.29) is 5.56 Å². The van der Waals surface area contributed by atoms with Gasteiger partial charge in [0.1, 0.15) is 22.9 Å². The van der Waals surface area contributed by atoms with E-state index >= 15 is 0 Å². The summed E-state index contributed by atoms with van der Waals surface area (Å²) >= 11 is 0. The molecule has 1 aromatic carbocycles. The first-order valence-electron chi connectivity index (χ1n) is 5.70. The molecule has 1 aromatic heterocycles. The molecule has 0 amide bonds. The Bertz CT molecular complexity index is 664. The van der Waals surface area contributed by atoms with Crippen LogP contribution < -0.4 is 4.74 Å². The van der Waals surface area contributed by atoms with E-state index in [9.17, 15) is 31.4 Å². The predicted molar refractivity (Wildman–Crippen MR) is 63.0 cm³/mol. The van der Waals surface area contributed by atoms with Crippen LogP contribution in [0.2, 0.25) is 0 Å². The van der Waals surface area contributed by atoms with Gasteiger partial charge >= 0.3 is 12.5 Å². The zero-order valence-corrected chi connectivity index (χ0v) is 10.5. The molecule has 0 atom stereocenters. The standard InChI is InChI=1S/C13H7F6NO2/c14-12(15,16)10-6-5-9(21)11(20-10)7-1-3-8(4-2-7)22-13(17,18)19/h1-6,21H. The van der Waals surface area contributed by atoms with Gasteiger partial charge in [0.25, 0.3) is 0 Å². The molecule has 0 saturated carbocycles.